The van der Waals surface area contributed by atoms with E-state index in [4.69, 9.17) is 9.26 Å². The highest BCUT2D eigenvalue weighted by molar-refractivity contribution is 5.48. The first-order chi connectivity index (χ1) is 14.2. The molecule has 1 saturated heterocycles. The predicted octanol–water partition coefficient (Wildman–Crippen LogP) is 1.64. The molecule has 0 saturated carbocycles. The van der Waals surface area contributed by atoms with Gasteiger partial charge in [-0.1, -0.05) is 5.16 Å². The maximum Gasteiger partial charge on any atom is 0.408 e. The van der Waals surface area contributed by atoms with Crippen LogP contribution in [0.25, 0.3) is 0 Å². The Kier molecular flexibility index (Phi) is 5.16. The highest BCUT2D eigenvalue weighted by Gasteiger charge is 2.47. The minimum Gasteiger partial charge on any atom is -0.377 e. The van der Waals surface area contributed by atoms with Gasteiger partial charge in [0.25, 0.3) is 5.56 Å². The first-order valence-electron chi connectivity index (χ1n) is 9.44. The lowest BCUT2D eigenvalue weighted by Gasteiger charge is -2.40. The molecule has 4 rings (SSSR count). The molecule has 0 N–H and O–H groups in total. The van der Waals surface area contributed by atoms with Crippen LogP contribution in [-0.2, 0) is 17.8 Å². The van der Waals surface area contributed by atoms with E-state index < -0.39 is 36.6 Å². The zero-order valence-corrected chi connectivity index (χ0v) is 16.3. The summed E-state index contributed by atoms with van der Waals surface area (Å²) < 4.78 is 67.3. The molecule has 164 valence electrons. The SMILES string of the molecule is Cc1nc(CN2c3nc(N4CCOCC4C)c(F)c(=O)n3CCC2C(F)(F)F)no1. The van der Waals surface area contributed by atoms with Crippen molar-refractivity contribution in [2.45, 2.75) is 51.6 Å². The van der Waals surface area contributed by atoms with Crippen molar-refractivity contribution in [1.29, 1.82) is 0 Å². The number of halogens is 4. The number of nitrogens with zero attached hydrogens (tertiary/aromatic N) is 6. The average Bonchev–Trinajstić information content (AvgIpc) is 3.09. The highest BCUT2D eigenvalue weighted by Crippen LogP contribution is 2.35. The van der Waals surface area contributed by atoms with Gasteiger partial charge in [0.2, 0.25) is 17.7 Å². The lowest BCUT2D eigenvalue weighted by atomic mass is 10.1. The number of aromatic nitrogens is 4. The third kappa shape index (κ3) is 3.61. The van der Waals surface area contributed by atoms with E-state index in [0.717, 1.165) is 9.47 Å². The number of alkyl halides is 3. The van der Waals surface area contributed by atoms with Crippen LogP contribution in [0.5, 0.6) is 0 Å². The number of rotatable bonds is 3. The fraction of sp³-hybridized carbons (Fsp3) is 0.647. The Morgan fingerprint density at radius 3 is 2.63 bits per heavy atom. The Morgan fingerprint density at radius 2 is 2.00 bits per heavy atom. The molecular weight excluding hydrogens is 412 g/mol. The van der Waals surface area contributed by atoms with E-state index in [2.05, 4.69) is 15.1 Å². The van der Waals surface area contributed by atoms with Crippen molar-refractivity contribution in [1.82, 2.24) is 19.7 Å². The minimum atomic E-state index is -4.59. The molecule has 0 amide bonds. The van der Waals surface area contributed by atoms with E-state index in [9.17, 15) is 22.4 Å². The number of aryl methyl sites for hydroxylation is 1. The van der Waals surface area contributed by atoms with Crippen LogP contribution in [0, 0.1) is 12.7 Å². The quantitative estimate of drug-likeness (QED) is 0.677. The zero-order valence-electron chi connectivity index (χ0n) is 16.3. The molecular formula is C17H20F4N6O3. The van der Waals surface area contributed by atoms with E-state index in [1.54, 1.807) is 6.92 Å². The van der Waals surface area contributed by atoms with Gasteiger partial charge in [-0.2, -0.15) is 27.5 Å². The molecule has 0 radical (unpaired) electrons. The molecule has 0 bridgehead atoms. The molecule has 13 heteroatoms. The van der Waals surface area contributed by atoms with E-state index >= 15 is 0 Å². The summed E-state index contributed by atoms with van der Waals surface area (Å²) in [6.45, 7) is 3.42. The fourth-order valence-corrected chi connectivity index (χ4v) is 3.79. The van der Waals surface area contributed by atoms with Gasteiger partial charge >= 0.3 is 6.18 Å². The van der Waals surface area contributed by atoms with Crippen molar-refractivity contribution in [2.24, 2.45) is 0 Å². The first kappa shape index (κ1) is 20.6. The highest BCUT2D eigenvalue weighted by atomic mass is 19.4. The summed E-state index contributed by atoms with van der Waals surface area (Å²) in [6.07, 6.45) is -5.02. The van der Waals surface area contributed by atoms with Gasteiger partial charge in [0.05, 0.1) is 25.8 Å². The van der Waals surface area contributed by atoms with Crippen LogP contribution in [0.2, 0.25) is 0 Å². The van der Waals surface area contributed by atoms with Crippen LogP contribution in [0.1, 0.15) is 25.1 Å². The Labute approximate surface area is 168 Å². The molecule has 1 fully saturated rings. The molecule has 2 aliphatic heterocycles. The summed E-state index contributed by atoms with van der Waals surface area (Å²) >= 11 is 0. The molecule has 30 heavy (non-hydrogen) atoms. The smallest absolute Gasteiger partial charge is 0.377 e. The number of morpholine rings is 1. The summed E-state index contributed by atoms with van der Waals surface area (Å²) in [6, 6.07) is -2.22. The standard InChI is InChI=1S/C17H20F4N6O3/c1-9-8-29-6-5-25(9)14-13(18)15(28)26-4-3-11(17(19,20)21)27(16(26)23-14)7-12-22-10(2)30-24-12/h9,11H,3-8H2,1-2H3. The lowest BCUT2D eigenvalue weighted by molar-refractivity contribution is -0.153. The van der Waals surface area contributed by atoms with Crippen LogP contribution in [-0.4, -0.2) is 57.7 Å². The number of hydrogen-bond acceptors (Lipinski definition) is 8. The van der Waals surface area contributed by atoms with Crippen LogP contribution in [0.15, 0.2) is 9.32 Å². The summed E-state index contributed by atoms with van der Waals surface area (Å²) in [5.41, 5.74) is -1.01. The zero-order chi connectivity index (χ0) is 21.6. The van der Waals surface area contributed by atoms with Crippen molar-refractivity contribution in [3.05, 3.63) is 27.9 Å². The molecule has 2 atom stereocenters. The van der Waals surface area contributed by atoms with Gasteiger partial charge in [-0.3, -0.25) is 9.36 Å². The Bertz CT molecular complexity index is 991. The third-order valence-electron chi connectivity index (χ3n) is 5.23. The molecule has 2 unspecified atom stereocenters. The van der Waals surface area contributed by atoms with Crippen LogP contribution >= 0.6 is 0 Å². The first-order valence-corrected chi connectivity index (χ1v) is 9.44. The van der Waals surface area contributed by atoms with Gasteiger partial charge in [-0.15, -0.1) is 0 Å². The molecule has 2 aliphatic rings. The van der Waals surface area contributed by atoms with Gasteiger partial charge in [0, 0.05) is 20.0 Å². The number of ether oxygens (including phenoxy) is 1. The second-order valence-corrected chi connectivity index (χ2v) is 7.33. The van der Waals surface area contributed by atoms with Crippen molar-refractivity contribution in [3.8, 4) is 0 Å². The monoisotopic (exact) mass is 432 g/mol. The van der Waals surface area contributed by atoms with Gasteiger partial charge in [0.15, 0.2) is 11.6 Å². The average molecular weight is 432 g/mol. The molecule has 0 aliphatic carbocycles. The predicted molar refractivity (Wildman–Crippen MR) is 95.8 cm³/mol. The second kappa shape index (κ2) is 7.52. The van der Waals surface area contributed by atoms with E-state index in [1.165, 1.54) is 11.8 Å². The van der Waals surface area contributed by atoms with Gasteiger partial charge in [-0.25, -0.2) is 0 Å². The van der Waals surface area contributed by atoms with Crippen LogP contribution in [0.3, 0.4) is 0 Å². The largest absolute Gasteiger partial charge is 0.408 e. The normalized spacial score (nSPS) is 22.3. The Hall–Kier alpha value is -2.70. The van der Waals surface area contributed by atoms with Gasteiger partial charge in [-0.05, 0) is 13.3 Å². The molecule has 9 nitrogen and oxygen atoms in total. The Morgan fingerprint density at radius 1 is 1.23 bits per heavy atom. The summed E-state index contributed by atoms with van der Waals surface area (Å²) in [5, 5.41) is 3.65. The van der Waals surface area contributed by atoms with Crippen LogP contribution < -0.4 is 15.4 Å². The number of anilines is 2. The van der Waals surface area contributed by atoms with Crippen molar-refractivity contribution in [3.63, 3.8) is 0 Å². The molecule has 0 aromatic carbocycles. The molecule has 4 heterocycles. The van der Waals surface area contributed by atoms with Crippen molar-refractivity contribution in [2.75, 3.05) is 29.6 Å². The van der Waals surface area contributed by atoms with Crippen molar-refractivity contribution < 1.29 is 26.8 Å². The number of fused-ring (bicyclic) bond motifs is 1. The maximum absolute atomic E-state index is 14.9. The van der Waals surface area contributed by atoms with Gasteiger partial charge in [0.1, 0.15) is 6.04 Å². The summed E-state index contributed by atoms with van der Waals surface area (Å²) in [7, 11) is 0. The number of hydrogen-bond donors (Lipinski definition) is 0. The summed E-state index contributed by atoms with van der Waals surface area (Å²) in [4.78, 5) is 23.3. The third-order valence-corrected chi connectivity index (χ3v) is 5.23. The molecule has 2 aromatic heterocycles. The lowest BCUT2D eigenvalue weighted by Crippen LogP contribution is -2.53. The molecule has 2 aromatic rings. The minimum absolute atomic E-state index is 0.00932. The fourth-order valence-electron chi connectivity index (χ4n) is 3.79. The second-order valence-electron chi connectivity index (χ2n) is 7.33. The Balaban J connectivity index is 1.83. The van der Waals surface area contributed by atoms with E-state index in [-0.39, 0.29) is 49.2 Å². The topological polar surface area (TPSA) is 89.5 Å². The summed E-state index contributed by atoms with van der Waals surface area (Å²) in [5.74, 6) is -1.44. The maximum atomic E-state index is 14.9. The van der Waals surface area contributed by atoms with E-state index in [1.807, 2.05) is 0 Å². The van der Waals surface area contributed by atoms with Gasteiger partial charge < -0.3 is 19.1 Å². The van der Waals surface area contributed by atoms with E-state index in [0.29, 0.717) is 6.61 Å². The molecule has 0 spiro atoms. The van der Waals surface area contributed by atoms with Crippen LogP contribution in [0.4, 0.5) is 29.3 Å². The van der Waals surface area contributed by atoms with Crippen molar-refractivity contribution >= 4 is 11.8 Å².